The zero-order valence-electron chi connectivity index (χ0n) is 12.8. The molecule has 1 saturated heterocycles. The first kappa shape index (κ1) is 14.1. The Hall–Kier alpha value is -0.900. The molecular formula is C17H26N2O. The third-order valence-corrected chi connectivity index (χ3v) is 4.67. The second-order valence-electron chi connectivity index (χ2n) is 6.29. The topological polar surface area (TPSA) is 15.7 Å². The van der Waals surface area contributed by atoms with E-state index >= 15 is 0 Å². The maximum absolute atomic E-state index is 5.44. The lowest BCUT2D eigenvalue weighted by Crippen LogP contribution is -2.43. The maximum atomic E-state index is 5.44. The highest BCUT2D eigenvalue weighted by molar-refractivity contribution is 5.34. The third kappa shape index (κ3) is 3.22. The van der Waals surface area contributed by atoms with Gasteiger partial charge in [0.05, 0.1) is 13.2 Å². The molecule has 3 rings (SSSR count). The standard InChI is InChI=1S/C17H26N2O/c1-14(19-7-9-20-10-8-19)11-15-3-4-16-5-6-18(2)13-17(16)12-15/h3-4,12,14H,5-11,13H2,1-2H3. The summed E-state index contributed by atoms with van der Waals surface area (Å²) in [4.78, 5) is 4.96. The molecule has 0 radical (unpaired) electrons. The highest BCUT2D eigenvalue weighted by atomic mass is 16.5. The van der Waals surface area contributed by atoms with Crippen molar-refractivity contribution < 1.29 is 4.74 Å². The van der Waals surface area contributed by atoms with Gasteiger partial charge in [-0.2, -0.15) is 0 Å². The van der Waals surface area contributed by atoms with Gasteiger partial charge in [-0.1, -0.05) is 18.2 Å². The third-order valence-electron chi connectivity index (χ3n) is 4.67. The monoisotopic (exact) mass is 274 g/mol. The van der Waals surface area contributed by atoms with Crippen molar-refractivity contribution in [3.8, 4) is 0 Å². The summed E-state index contributed by atoms with van der Waals surface area (Å²) in [7, 11) is 2.21. The van der Waals surface area contributed by atoms with Gasteiger partial charge in [-0.3, -0.25) is 4.90 Å². The molecule has 0 saturated carbocycles. The van der Waals surface area contributed by atoms with E-state index in [0.29, 0.717) is 6.04 Å². The summed E-state index contributed by atoms with van der Waals surface area (Å²) in [6.45, 7) is 8.57. The molecule has 0 N–H and O–H groups in total. The molecule has 2 aliphatic heterocycles. The van der Waals surface area contributed by atoms with Gasteiger partial charge < -0.3 is 9.64 Å². The minimum Gasteiger partial charge on any atom is -0.379 e. The molecule has 0 aromatic heterocycles. The van der Waals surface area contributed by atoms with Crippen LogP contribution in [0.4, 0.5) is 0 Å². The Morgan fingerprint density at radius 1 is 1.15 bits per heavy atom. The number of hydrogen-bond donors (Lipinski definition) is 0. The zero-order chi connectivity index (χ0) is 13.9. The van der Waals surface area contributed by atoms with Crippen LogP contribution < -0.4 is 0 Å². The van der Waals surface area contributed by atoms with Gasteiger partial charge in [0.1, 0.15) is 0 Å². The van der Waals surface area contributed by atoms with Crippen LogP contribution in [0.3, 0.4) is 0 Å². The second-order valence-corrected chi connectivity index (χ2v) is 6.29. The normalized spacial score (nSPS) is 22.5. The minimum absolute atomic E-state index is 0.610. The summed E-state index contributed by atoms with van der Waals surface area (Å²) in [6.07, 6.45) is 2.35. The molecule has 2 aliphatic rings. The van der Waals surface area contributed by atoms with Gasteiger partial charge in [-0.15, -0.1) is 0 Å². The van der Waals surface area contributed by atoms with Gasteiger partial charge >= 0.3 is 0 Å². The summed E-state index contributed by atoms with van der Waals surface area (Å²) in [5.74, 6) is 0. The number of morpholine rings is 1. The van der Waals surface area contributed by atoms with Crippen LogP contribution in [-0.2, 0) is 24.1 Å². The van der Waals surface area contributed by atoms with Gasteiger partial charge in [0.25, 0.3) is 0 Å². The number of fused-ring (bicyclic) bond motifs is 1. The first-order valence-corrected chi connectivity index (χ1v) is 7.83. The van der Waals surface area contributed by atoms with Crippen molar-refractivity contribution in [3.63, 3.8) is 0 Å². The number of nitrogens with zero attached hydrogens (tertiary/aromatic N) is 2. The van der Waals surface area contributed by atoms with Gasteiger partial charge in [0, 0.05) is 32.2 Å². The predicted octanol–water partition coefficient (Wildman–Crippen LogP) is 1.94. The van der Waals surface area contributed by atoms with Crippen LogP contribution in [0.25, 0.3) is 0 Å². The molecule has 20 heavy (non-hydrogen) atoms. The molecule has 1 aromatic rings. The Morgan fingerprint density at radius 2 is 1.95 bits per heavy atom. The number of benzene rings is 1. The Morgan fingerprint density at radius 3 is 2.75 bits per heavy atom. The zero-order valence-corrected chi connectivity index (χ0v) is 12.8. The van der Waals surface area contributed by atoms with Crippen molar-refractivity contribution in [1.29, 1.82) is 0 Å². The van der Waals surface area contributed by atoms with E-state index in [4.69, 9.17) is 4.74 Å². The first-order valence-electron chi connectivity index (χ1n) is 7.83. The van der Waals surface area contributed by atoms with Crippen molar-refractivity contribution in [2.45, 2.75) is 32.4 Å². The van der Waals surface area contributed by atoms with Crippen LogP contribution in [0.5, 0.6) is 0 Å². The van der Waals surface area contributed by atoms with Crippen molar-refractivity contribution >= 4 is 0 Å². The van der Waals surface area contributed by atoms with E-state index in [9.17, 15) is 0 Å². The fourth-order valence-corrected chi connectivity index (χ4v) is 3.37. The molecule has 0 amide bonds. The lowest BCUT2D eigenvalue weighted by atomic mass is 9.95. The minimum atomic E-state index is 0.610. The average molecular weight is 274 g/mol. The fourth-order valence-electron chi connectivity index (χ4n) is 3.37. The Kier molecular flexibility index (Phi) is 4.39. The SMILES string of the molecule is CC(Cc1ccc2c(c1)CN(C)CC2)N1CCOCC1. The summed E-state index contributed by atoms with van der Waals surface area (Å²) in [5, 5.41) is 0. The molecule has 3 nitrogen and oxygen atoms in total. The molecule has 0 aliphatic carbocycles. The molecule has 1 atom stereocenters. The van der Waals surface area contributed by atoms with E-state index in [1.807, 2.05) is 0 Å². The molecule has 0 spiro atoms. The van der Waals surface area contributed by atoms with E-state index in [1.165, 1.54) is 24.1 Å². The molecule has 1 fully saturated rings. The van der Waals surface area contributed by atoms with Gasteiger partial charge in [0.15, 0.2) is 0 Å². The number of hydrogen-bond acceptors (Lipinski definition) is 3. The highest BCUT2D eigenvalue weighted by Gasteiger charge is 2.18. The van der Waals surface area contributed by atoms with Gasteiger partial charge in [0.2, 0.25) is 0 Å². The van der Waals surface area contributed by atoms with E-state index in [0.717, 1.165) is 39.3 Å². The van der Waals surface area contributed by atoms with Crippen LogP contribution >= 0.6 is 0 Å². The van der Waals surface area contributed by atoms with Gasteiger partial charge in [-0.25, -0.2) is 0 Å². The maximum Gasteiger partial charge on any atom is 0.0594 e. The van der Waals surface area contributed by atoms with E-state index in [2.05, 4.69) is 42.0 Å². The quantitative estimate of drug-likeness (QED) is 0.838. The second kappa shape index (κ2) is 6.25. The largest absolute Gasteiger partial charge is 0.379 e. The molecule has 0 bridgehead atoms. The molecule has 1 aromatic carbocycles. The van der Waals surface area contributed by atoms with Crippen LogP contribution in [-0.4, -0.2) is 55.7 Å². The van der Waals surface area contributed by atoms with Crippen molar-refractivity contribution in [2.75, 3.05) is 39.9 Å². The van der Waals surface area contributed by atoms with Crippen molar-refractivity contribution in [2.24, 2.45) is 0 Å². The number of likely N-dealkylation sites (N-methyl/N-ethyl adjacent to an activating group) is 1. The van der Waals surface area contributed by atoms with Crippen LogP contribution in [0, 0.1) is 0 Å². The number of ether oxygens (including phenoxy) is 1. The summed E-state index contributed by atoms with van der Waals surface area (Å²) < 4.78 is 5.44. The Bertz CT molecular complexity index is 454. The van der Waals surface area contributed by atoms with E-state index in [1.54, 1.807) is 5.56 Å². The van der Waals surface area contributed by atoms with Crippen LogP contribution in [0.15, 0.2) is 18.2 Å². The van der Waals surface area contributed by atoms with E-state index in [-0.39, 0.29) is 0 Å². The Labute approximate surface area is 122 Å². The smallest absolute Gasteiger partial charge is 0.0594 e. The molecule has 110 valence electrons. The van der Waals surface area contributed by atoms with Crippen LogP contribution in [0.1, 0.15) is 23.6 Å². The highest BCUT2D eigenvalue weighted by Crippen LogP contribution is 2.21. The van der Waals surface area contributed by atoms with Crippen molar-refractivity contribution in [1.82, 2.24) is 9.80 Å². The molecule has 1 unspecified atom stereocenters. The molecular weight excluding hydrogens is 248 g/mol. The Balaban J connectivity index is 1.66. The average Bonchev–Trinajstić information content (AvgIpc) is 2.47. The summed E-state index contributed by atoms with van der Waals surface area (Å²) in [6, 6.07) is 7.73. The van der Waals surface area contributed by atoms with E-state index < -0.39 is 0 Å². The number of rotatable bonds is 3. The summed E-state index contributed by atoms with van der Waals surface area (Å²) >= 11 is 0. The first-order chi connectivity index (χ1) is 9.72. The predicted molar refractivity (Wildman–Crippen MR) is 82.0 cm³/mol. The summed E-state index contributed by atoms with van der Waals surface area (Å²) in [5.41, 5.74) is 4.56. The molecule has 2 heterocycles. The lowest BCUT2D eigenvalue weighted by Gasteiger charge is -2.32. The van der Waals surface area contributed by atoms with Crippen molar-refractivity contribution in [3.05, 3.63) is 34.9 Å². The van der Waals surface area contributed by atoms with Crippen LogP contribution in [0.2, 0.25) is 0 Å². The fraction of sp³-hybridized carbons (Fsp3) is 0.647. The lowest BCUT2D eigenvalue weighted by molar-refractivity contribution is 0.0203. The molecule has 3 heteroatoms. The van der Waals surface area contributed by atoms with Gasteiger partial charge in [-0.05, 0) is 43.5 Å².